The molecule has 16 heavy (non-hydrogen) atoms. The number of carboxylic acids is 1. The lowest BCUT2D eigenvalue weighted by Crippen LogP contribution is -2.29. The van der Waals surface area contributed by atoms with Crippen LogP contribution in [0, 0.1) is 5.92 Å². The molecule has 3 N–H and O–H groups in total. The van der Waals surface area contributed by atoms with Crippen LogP contribution in [0.3, 0.4) is 0 Å². The van der Waals surface area contributed by atoms with Crippen molar-refractivity contribution in [3.8, 4) is 0 Å². The number of nitrogens with two attached hydrogens (primary N) is 1. The van der Waals surface area contributed by atoms with Crippen LogP contribution >= 0.6 is 12.6 Å². The highest BCUT2D eigenvalue weighted by Gasteiger charge is 2.10. The van der Waals surface area contributed by atoms with Crippen molar-refractivity contribution < 1.29 is 9.90 Å². The van der Waals surface area contributed by atoms with Gasteiger partial charge in [0.15, 0.2) is 0 Å². The van der Waals surface area contributed by atoms with Gasteiger partial charge in [0, 0.05) is 5.25 Å². The van der Waals surface area contributed by atoms with Crippen molar-refractivity contribution in [3.63, 3.8) is 0 Å². The largest absolute Gasteiger partial charge is 0.480 e. The molecule has 3 nitrogen and oxygen atoms in total. The number of hydrogen-bond donors (Lipinski definition) is 3. The smallest absolute Gasteiger partial charge is 0.320 e. The van der Waals surface area contributed by atoms with Crippen LogP contribution in [-0.2, 0) is 4.79 Å². The fraction of sp³-hybridized carbons (Fsp3) is 0.917. The number of aliphatic carboxylic acids is 1. The SMILES string of the molecule is CC(C)CC(S)CCCCCC(N)C(=O)O. The Bertz CT molecular complexity index is 197. The van der Waals surface area contributed by atoms with Gasteiger partial charge in [-0.1, -0.05) is 33.1 Å². The Morgan fingerprint density at radius 1 is 1.25 bits per heavy atom. The van der Waals surface area contributed by atoms with Gasteiger partial charge < -0.3 is 10.8 Å². The summed E-state index contributed by atoms with van der Waals surface area (Å²) in [6, 6.07) is -0.692. The van der Waals surface area contributed by atoms with E-state index in [9.17, 15) is 4.79 Å². The first kappa shape index (κ1) is 15.8. The highest BCUT2D eigenvalue weighted by Crippen LogP contribution is 2.17. The van der Waals surface area contributed by atoms with Crippen LogP contribution in [0.1, 0.15) is 52.4 Å². The third kappa shape index (κ3) is 9.04. The molecule has 0 aromatic rings. The number of rotatable bonds is 9. The molecule has 2 atom stereocenters. The maximum Gasteiger partial charge on any atom is 0.320 e. The normalized spacial score (nSPS) is 15.1. The summed E-state index contributed by atoms with van der Waals surface area (Å²) in [5.74, 6) is -0.199. The highest BCUT2D eigenvalue weighted by atomic mass is 32.1. The van der Waals surface area contributed by atoms with Crippen molar-refractivity contribution in [1.29, 1.82) is 0 Å². The van der Waals surface area contributed by atoms with Crippen molar-refractivity contribution in [2.24, 2.45) is 11.7 Å². The molecule has 0 bridgehead atoms. The van der Waals surface area contributed by atoms with Gasteiger partial charge in [-0.2, -0.15) is 12.6 Å². The first-order chi connectivity index (χ1) is 7.43. The molecular weight excluding hydrogens is 222 g/mol. The van der Waals surface area contributed by atoms with Crippen LogP contribution in [-0.4, -0.2) is 22.4 Å². The summed E-state index contributed by atoms with van der Waals surface area (Å²) < 4.78 is 0. The lowest BCUT2D eigenvalue weighted by Gasteiger charge is -2.12. The van der Waals surface area contributed by atoms with Crippen molar-refractivity contribution >= 4 is 18.6 Å². The Hall–Kier alpha value is -0.220. The molecule has 0 saturated carbocycles. The molecule has 0 fully saturated rings. The van der Waals surface area contributed by atoms with Crippen LogP contribution < -0.4 is 5.73 Å². The van der Waals surface area contributed by atoms with E-state index in [1.54, 1.807) is 0 Å². The highest BCUT2D eigenvalue weighted by molar-refractivity contribution is 7.80. The average Bonchev–Trinajstić information content (AvgIpc) is 2.15. The predicted molar refractivity (Wildman–Crippen MR) is 70.9 cm³/mol. The molecule has 96 valence electrons. The second-order valence-electron chi connectivity index (χ2n) is 4.87. The summed E-state index contributed by atoms with van der Waals surface area (Å²) in [5.41, 5.74) is 5.41. The third-order valence-corrected chi connectivity index (χ3v) is 3.08. The van der Waals surface area contributed by atoms with Crippen LogP contribution in [0.25, 0.3) is 0 Å². The summed E-state index contributed by atoms with van der Waals surface area (Å²) in [6.45, 7) is 4.41. The minimum atomic E-state index is -0.896. The Labute approximate surface area is 104 Å². The Balaban J connectivity index is 3.36. The first-order valence-electron chi connectivity index (χ1n) is 6.10. The van der Waals surface area contributed by atoms with Crippen molar-refractivity contribution in [1.82, 2.24) is 0 Å². The van der Waals surface area contributed by atoms with E-state index in [4.69, 9.17) is 10.8 Å². The standard InChI is InChI=1S/C12H25NO2S/c1-9(2)8-10(16)6-4-3-5-7-11(13)12(14)15/h9-11,16H,3-8,13H2,1-2H3,(H,14,15). The van der Waals surface area contributed by atoms with Gasteiger partial charge in [-0.3, -0.25) is 4.79 Å². The second-order valence-corrected chi connectivity index (χ2v) is 5.60. The fourth-order valence-electron chi connectivity index (χ4n) is 1.71. The van der Waals surface area contributed by atoms with Crippen molar-refractivity contribution in [2.75, 3.05) is 0 Å². The maximum atomic E-state index is 10.5. The quantitative estimate of drug-likeness (QED) is 0.433. The molecule has 0 spiro atoms. The Morgan fingerprint density at radius 2 is 1.81 bits per heavy atom. The Morgan fingerprint density at radius 3 is 2.31 bits per heavy atom. The van der Waals surface area contributed by atoms with Crippen LogP contribution in [0.2, 0.25) is 0 Å². The summed E-state index contributed by atoms with van der Waals surface area (Å²) in [7, 11) is 0. The molecule has 0 radical (unpaired) electrons. The third-order valence-electron chi connectivity index (χ3n) is 2.61. The molecule has 0 aromatic heterocycles. The topological polar surface area (TPSA) is 63.3 Å². The Kier molecular flexibility index (Phi) is 8.76. The zero-order valence-corrected chi connectivity index (χ0v) is 11.2. The molecule has 0 heterocycles. The van der Waals surface area contributed by atoms with E-state index < -0.39 is 12.0 Å². The fourth-order valence-corrected chi connectivity index (χ4v) is 2.31. The zero-order valence-electron chi connectivity index (χ0n) is 10.4. The van der Waals surface area contributed by atoms with Gasteiger partial charge in [-0.25, -0.2) is 0 Å². The number of thiol groups is 1. The van der Waals surface area contributed by atoms with E-state index in [1.165, 1.54) is 0 Å². The molecule has 0 aliphatic heterocycles. The van der Waals surface area contributed by atoms with Gasteiger partial charge in [0.1, 0.15) is 6.04 Å². The lowest BCUT2D eigenvalue weighted by molar-refractivity contribution is -0.138. The molecule has 2 unspecified atom stereocenters. The van der Waals surface area contributed by atoms with Gasteiger partial charge in [-0.15, -0.1) is 0 Å². The molecular formula is C12H25NO2S. The van der Waals surface area contributed by atoms with Crippen LogP contribution in [0.15, 0.2) is 0 Å². The van der Waals surface area contributed by atoms with E-state index in [0.29, 0.717) is 17.6 Å². The number of carboxylic acid groups (broad SMARTS) is 1. The number of hydrogen-bond acceptors (Lipinski definition) is 3. The average molecular weight is 247 g/mol. The molecule has 4 heteroatoms. The maximum absolute atomic E-state index is 10.5. The van der Waals surface area contributed by atoms with Crippen molar-refractivity contribution in [3.05, 3.63) is 0 Å². The summed E-state index contributed by atoms with van der Waals surface area (Å²) in [6.07, 6.45) is 5.91. The molecule has 0 aliphatic carbocycles. The summed E-state index contributed by atoms with van der Waals surface area (Å²) in [4.78, 5) is 10.5. The first-order valence-corrected chi connectivity index (χ1v) is 6.61. The van der Waals surface area contributed by atoms with Gasteiger partial charge in [0.25, 0.3) is 0 Å². The molecule has 0 aliphatic rings. The van der Waals surface area contributed by atoms with Gasteiger partial charge in [0.2, 0.25) is 0 Å². The summed E-state index contributed by atoms with van der Waals surface area (Å²) in [5, 5.41) is 9.07. The van der Waals surface area contributed by atoms with E-state index in [0.717, 1.165) is 32.1 Å². The van der Waals surface area contributed by atoms with E-state index in [2.05, 4.69) is 26.5 Å². The van der Waals surface area contributed by atoms with E-state index >= 15 is 0 Å². The molecule has 0 rings (SSSR count). The minimum Gasteiger partial charge on any atom is -0.480 e. The van der Waals surface area contributed by atoms with Crippen LogP contribution in [0.4, 0.5) is 0 Å². The monoisotopic (exact) mass is 247 g/mol. The minimum absolute atomic E-state index is 0.480. The second kappa shape index (κ2) is 8.88. The van der Waals surface area contributed by atoms with Gasteiger partial charge in [-0.05, 0) is 25.2 Å². The zero-order chi connectivity index (χ0) is 12.6. The molecule has 0 aromatic carbocycles. The number of unbranched alkanes of at least 4 members (excludes halogenated alkanes) is 2. The molecule has 0 saturated heterocycles. The predicted octanol–water partition coefficient (Wildman–Crippen LogP) is 2.69. The van der Waals surface area contributed by atoms with E-state index in [-0.39, 0.29) is 0 Å². The lowest BCUT2D eigenvalue weighted by atomic mass is 10.0. The van der Waals surface area contributed by atoms with Gasteiger partial charge in [0.05, 0.1) is 0 Å². The van der Waals surface area contributed by atoms with Crippen LogP contribution in [0.5, 0.6) is 0 Å². The van der Waals surface area contributed by atoms with E-state index in [1.807, 2.05) is 0 Å². The van der Waals surface area contributed by atoms with Gasteiger partial charge >= 0.3 is 5.97 Å². The van der Waals surface area contributed by atoms with Crippen molar-refractivity contribution in [2.45, 2.75) is 63.7 Å². The molecule has 0 amide bonds. The summed E-state index contributed by atoms with van der Waals surface area (Å²) >= 11 is 4.53. The number of carbonyl (C=O) groups is 1.